The van der Waals surface area contributed by atoms with Crippen molar-refractivity contribution >= 4 is 11.6 Å². The fraction of sp³-hybridized carbons (Fsp3) is 0.538. The Morgan fingerprint density at radius 3 is 2.19 bits per heavy atom. The summed E-state index contributed by atoms with van der Waals surface area (Å²) in [5, 5.41) is 10.7. The first-order chi connectivity index (χ1) is 7.30. The zero-order valence-electron chi connectivity index (χ0n) is 10.1. The highest BCUT2D eigenvalue weighted by Gasteiger charge is 2.23. The number of aliphatic hydroxyl groups excluding tert-OH is 1. The summed E-state index contributed by atoms with van der Waals surface area (Å²) in [6.07, 6.45) is 0.0389. The van der Waals surface area contributed by atoms with Crippen LogP contribution in [0.5, 0.6) is 0 Å². The number of nitrogens with two attached hydrogens (primary N) is 1. The van der Waals surface area contributed by atoms with Crippen LogP contribution < -0.4 is 5.73 Å². The van der Waals surface area contributed by atoms with Gasteiger partial charge in [0.2, 0.25) is 0 Å². The van der Waals surface area contributed by atoms with Gasteiger partial charge in [0, 0.05) is 11.1 Å². The van der Waals surface area contributed by atoms with Crippen molar-refractivity contribution in [3.8, 4) is 0 Å². The molecule has 2 nitrogen and oxygen atoms in total. The van der Waals surface area contributed by atoms with Crippen LogP contribution in [-0.4, -0.2) is 11.1 Å². The van der Waals surface area contributed by atoms with Crippen molar-refractivity contribution in [3.05, 3.63) is 34.9 Å². The second-order valence-electron chi connectivity index (χ2n) is 5.28. The Labute approximate surface area is 102 Å². The molecule has 0 saturated carbocycles. The molecule has 1 rings (SSSR count). The summed E-state index contributed by atoms with van der Waals surface area (Å²) < 4.78 is 0. The van der Waals surface area contributed by atoms with Crippen molar-refractivity contribution in [3.63, 3.8) is 0 Å². The first kappa shape index (κ1) is 13.5. The molecule has 0 fully saturated rings. The smallest absolute Gasteiger partial charge is 0.0805 e. The van der Waals surface area contributed by atoms with Crippen molar-refractivity contribution in [2.75, 3.05) is 0 Å². The molecule has 90 valence electrons. The van der Waals surface area contributed by atoms with Crippen LogP contribution in [0.4, 0.5) is 0 Å². The van der Waals surface area contributed by atoms with Gasteiger partial charge in [-0.15, -0.1) is 0 Å². The van der Waals surface area contributed by atoms with Crippen LogP contribution in [0.2, 0.25) is 5.02 Å². The van der Waals surface area contributed by atoms with E-state index in [1.54, 1.807) is 12.1 Å². The van der Waals surface area contributed by atoms with Gasteiger partial charge in [-0.3, -0.25) is 0 Å². The van der Waals surface area contributed by atoms with Gasteiger partial charge in [-0.2, -0.15) is 0 Å². The van der Waals surface area contributed by atoms with Crippen LogP contribution in [0, 0.1) is 5.41 Å². The normalized spacial score (nSPS) is 15.9. The van der Waals surface area contributed by atoms with Gasteiger partial charge in [0.1, 0.15) is 0 Å². The minimum Gasteiger partial charge on any atom is -0.388 e. The molecule has 0 aromatic heterocycles. The van der Waals surface area contributed by atoms with Crippen molar-refractivity contribution in [1.29, 1.82) is 0 Å². The second kappa shape index (κ2) is 5.17. The van der Waals surface area contributed by atoms with Gasteiger partial charge >= 0.3 is 0 Å². The number of hydrogen-bond acceptors (Lipinski definition) is 2. The van der Waals surface area contributed by atoms with E-state index in [1.165, 1.54) is 0 Å². The Morgan fingerprint density at radius 1 is 1.25 bits per heavy atom. The maximum atomic E-state index is 10.0. The van der Waals surface area contributed by atoms with E-state index in [-0.39, 0.29) is 11.5 Å². The number of aliphatic hydroxyl groups is 1. The first-order valence-electron chi connectivity index (χ1n) is 5.50. The largest absolute Gasteiger partial charge is 0.388 e. The van der Waals surface area contributed by atoms with Gasteiger partial charge in [-0.05, 0) is 29.5 Å². The molecule has 0 radical (unpaired) electrons. The van der Waals surface area contributed by atoms with E-state index in [2.05, 4.69) is 20.8 Å². The Balaban J connectivity index is 2.65. The van der Waals surface area contributed by atoms with Gasteiger partial charge in [-0.25, -0.2) is 0 Å². The van der Waals surface area contributed by atoms with E-state index in [0.29, 0.717) is 11.4 Å². The lowest BCUT2D eigenvalue weighted by molar-refractivity contribution is 0.133. The molecule has 1 aromatic carbocycles. The van der Waals surface area contributed by atoms with Crippen LogP contribution in [0.3, 0.4) is 0 Å². The third kappa shape index (κ3) is 3.78. The summed E-state index contributed by atoms with van der Waals surface area (Å²) in [4.78, 5) is 0. The number of halogens is 1. The molecule has 0 saturated heterocycles. The summed E-state index contributed by atoms with van der Waals surface area (Å²) in [7, 11) is 0. The molecule has 0 amide bonds. The van der Waals surface area contributed by atoms with Gasteiger partial charge in [0.15, 0.2) is 0 Å². The number of benzene rings is 1. The van der Waals surface area contributed by atoms with Gasteiger partial charge < -0.3 is 10.8 Å². The first-order valence-corrected chi connectivity index (χ1v) is 5.87. The fourth-order valence-electron chi connectivity index (χ4n) is 1.42. The average Bonchev–Trinajstić information content (AvgIpc) is 2.17. The van der Waals surface area contributed by atoms with Gasteiger partial charge in [0.05, 0.1) is 6.10 Å². The van der Waals surface area contributed by atoms with Gasteiger partial charge in [0.25, 0.3) is 0 Å². The van der Waals surface area contributed by atoms with Crippen molar-refractivity contribution in [1.82, 2.24) is 0 Å². The average molecular weight is 242 g/mol. The predicted molar refractivity (Wildman–Crippen MR) is 68.5 cm³/mol. The van der Waals surface area contributed by atoms with E-state index in [1.807, 2.05) is 12.1 Å². The van der Waals surface area contributed by atoms with E-state index in [4.69, 9.17) is 17.3 Å². The Bertz CT molecular complexity index is 329. The molecule has 0 aliphatic rings. The lowest BCUT2D eigenvalue weighted by Gasteiger charge is -2.29. The zero-order chi connectivity index (χ0) is 12.3. The van der Waals surface area contributed by atoms with Gasteiger partial charge in [-0.1, -0.05) is 44.5 Å². The highest BCUT2D eigenvalue weighted by molar-refractivity contribution is 6.30. The van der Waals surface area contributed by atoms with E-state index in [9.17, 15) is 5.11 Å². The summed E-state index contributed by atoms with van der Waals surface area (Å²) in [6.45, 7) is 6.23. The van der Waals surface area contributed by atoms with Crippen LogP contribution in [0.25, 0.3) is 0 Å². The highest BCUT2D eigenvalue weighted by Crippen LogP contribution is 2.27. The maximum absolute atomic E-state index is 10.0. The third-order valence-electron chi connectivity index (χ3n) is 2.84. The monoisotopic (exact) mass is 241 g/mol. The summed E-state index contributed by atoms with van der Waals surface area (Å²) >= 11 is 5.79. The molecule has 0 bridgehead atoms. The predicted octanol–water partition coefficient (Wildman–Crippen LogP) is 3.14. The lowest BCUT2D eigenvalue weighted by atomic mass is 9.83. The summed E-state index contributed by atoms with van der Waals surface area (Å²) in [6, 6.07) is 7.20. The fourth-order valence-corrected chi connectivity index (χ4v) is 1.54. The van der Waals surface area contributed by atoms with E-state index >= 15 is 0 Å². The van der Waals surface area contributed by atoms with Crippen LogP contribution in [0.1, 0.15) is 38.9 Å². The molecule has 0 spiro atoms. The molecule has 0 heterocycles. The summed E-state index contributed by atoms with van der Waals surface area (Å²) in [5.74, 6) is 0. The van der Waals surface area contributed by atoms with Crippen LogP contribution in [-0.2, 0) is 0 Å². The molecule has 0 aliphatic carbocycles. The number of hydrogen-bond donors (Lipinski definition) is 2. The molecule has 3 N–H and O–H groups in total. The Kier molecular flexibility index (Phi) is 4.36. The molecule has 3 heteroatoms. The standard InChI is InChI=1S/C13H20ClNO/c1-13(2,3)12(15)8-11(16)9-4-6-10(14)7-5-9/h4-7,11-12,16H,8,15H2,1-3H3/t11-,12+/m0/s1. The molecule has 16 heavy (non-hydrogen) atoms. The zero-order valence-corrected chi connectivity index (χ0v) is 10.8. The minimum atomic E-state index is -0.522. The van der Waals surface area contributed by atoms with E-state index in [0.717, 1.165) is 5.56 Å². The second-order valence-corrected chi connectivity index (χ2v) is 5.71. The molecule has 1 aromatic rings. The van der Waals surface area contributed by atoms with E-state index < -0.39 is 6.10 Å². The molecule has 0 unspecified atom stereocenters. The molecule has 2 atom stereocenters. The van der Waals surface area contributed by atoms with Crippen molar-refractivity contribution in [2.45, 2.75) is 39.3 Å². The molecular weight excluding hydrogens is 222 g/mol. The highest BCUT2D eigenvalue weighted by atomic mass is 35.5. The Morgan fingerprint density at radius 2 is 1.75 bits per heavy atom. The maximum Gasteiger partial charge on any atom is 0.0805 e. The van der Waals surface area contributed by atoms with Crippen LogP contribution in [0.15, 0.2) is 24.3 Å². The molecule has 0 aliphatic heterocycles. The molecular formula is C13H20ClNO. The van der Waals surface area contributed by atoms with Crippen molar-refractivity contribution in [2.24, 2.45) is 11.1 Å². The quantitative estimate of drug-likeness (QED) is 0.854. The lowest BCUT2D eigenvalue weighted by Crippen LogP contribution is -2.36. The SMILES string of the molecule is CC(C)(C)[C@H](N)C[C@H](O)c1ccc(Cl)cc1. The third-order valence-corrected chi connectivity index (χ3v) is 3.10. The summed E-state index contributed by atoms with van der Waals surface area (Å²) in [5.41, 5.74) is 6.91. The number of rotatable bonds is 3. The Hall–Kier alpha value is -0.570. The van der Waals surface area contributed by atoms with Crippen LogP contribution >= 0.6 is 11.6 Å². The topological polar surface area (TPSA) is 46.2 Å². The minimum absolute atomic E-state index is 0.00735. The van der Waals surface area contributed by atoms with Crippen molar-refractivity contribution < 1.29 is 5.11 Å².